The molecule has 0 saturated heterocycles. The molecule has 0 amide bonds. The number of carbonyl (C=O) groups is 1. The smallest absolute Gasteiger partial charge is 0.159 e. The minimum absolute atomic E-state index is 0.133. The highest BCUT2D eigenvalue weighted by atomic mass is 16.5. The molecule has 0 aliphatic heterocycles. The molecule has 0 saturated carbocycles. The van der Waals surface area contributed by atoms with Gasteiger partial charge in [-0.05, 0) is 90.9 Å². The molecule has 3 heteroatoms. The van der Waals surface area contributed by atoms with E-state index in [1.165, 1.54) is 27.6 Å². The molecule has 33 heavy (non-hydrogen) atoms. The molecule has 0 bridgehead atoms. The summed E-state index contributed by atoms with van der Waals surface area (Å²) in [6, 6.07) is 25.3. The topological polar surface area (TPSA) is 42.1 Å². The van der Waals surface area contributed by atoms with Gasteiger partial charge in [0.05, 0.1) is 0 Å². The van der Waals surface area contributed by atoms with Crippen molar-refractivity contribution in [1.29, 1.82) is 0 Å². The monoisotopic (exact) mass is 435 g/mol. The van der Waals surface area contributed by atoms with Gasteiger partial charge >= 0.3 is 0 Å². The van der Waals surface area contributed by atoms with E-state index in [-0.39, 0.29) is 5.78 Å². The molecule has 3 nitrogen and oxygen atoms in total. The Morgan fingerprint density at radius 1 is 0.818 bits per heavy atom. The zero-order chi connectivity index (χ0) is 22.5. The van der Waals surface area contributed by atoms with Crippen LogP contribution in [0.3, 0.4) is 0 Å². The molecule has 0 atom stereocenters. The summed E-state index contributed by atoms with van der Waals surface area (Å²) >= 11 is 0. The molecule has 0 spiro atoms. The van der Waals surface area contributed by atoms with Gasteiger partial charge in [-0.25, -0.2) is 0 Å². The van der Waals surface area contributed by atoms with Crippen LogP contribution < -0.4 is 4.74 Å². The first kappa shape index (κ1) is 21.3. The van der Waals surface area contributed by atoms with Gasteiger partial charge in [0.1, 0.15) is 11.5 Å². The lowest BCUT2D eigenvalue weighted by Crippen LogP contribution is -2.07. The molecule has 1 N–H and O–H groups in total. The highest BCUT2D eigenvalue weighted by Gasteiger charge is 2.15. The van der Waals surface area contributed by atoms with Crippen LogP contribution in [-0.2, 0) is 24.1 Å². The number of fused-ring (bicyclic) bond motifs is 2. The third kappa shape index (κ3) is 5.25. The normalized spacial score (nSPS) is 13.8. The van der Waals surface area contributed by atoms with E-state index < -0.39 is 0 Å². The van der Waals surface area contributed by atoms with Gasteiger partial charge in [-0.2, -0.15) is 0 Å². The highest BCUT2D eigenvalue weighted by molar-refractivity contribution is 5.96. The Balaban J connectivity index is 1.22. The van der Waals surface area contributed by atoms with E-state index in [9.17, 15) is 4.79 Å². The van der Waals surface area contributed by atoms with E-state index in [1.807, 2.05) is 24.4 Å². The molecule has 5 rings (SSSR count). The Labute approximate surface area is 195 Å². The number of hydrogen-bond acceptors (Lipinski definition) is 2. The van der Waals surface area contributed by atoms with Crippen molar-refractivity contribution in [3.05, 3.63) is 107 Å². The molecule has 4 aromatic rings. The number of carbonyl (C=O) groups excluding carboxylic acids is 1. The van der Waals surface area contributed by atoms with E-state index in [0.717, 1.165) is 49.8 Å². The molecular weight excluding hydrogens is 406 g/mol. The predicted molar refractivity (Wildman–Crippen MR) is 134 cm³/mol. The number of allylic oxidation sites excluding steroid dienone is 1. The summed E-state index contributed by atoms with van der Waals surface area (Å²) in [6.07, 6.45) is 10.4. The fourth-order valence-electron chi connectivity index (χ4n) is 4.62. The van der Waals surface area contributed by atoms with E-state index >= 15 is 0 Å². The Hall–Kier alpha value is -3.59. The first-order chi connectivity index (χ1) is 16.2. The van der Waals surface area contributed by atoms with Gasteiger partial charge in [0.15, 0.2) is 5.78 Å². The quantitative estimate of drug-likeness (QED) is 0.316. The van der Waals surface area contributed by atoms with Gasteiger partial charge < -0.3 is 9.72 Å². The van der Waals surface area contributed by atoms with Crippen LogP contribution in [0, 0.1) is 0 Å². The number of H-pyrrole nitrogens is 1. The van der Waals surface area contributed by atoms with Gasteiger partial charge in [0, 0.05) is 29.8 Å². The fraction of sp³-hybridized carbons (Fsp3) is 0.233. The Morgan fingerprint density at radius 3 is 2.58 bits per heavy atom. The number of aromatic nitrogens is 1. The second kappa shape index (κ2) is 9.91. The second-order valence-corrected chi connectivity index (χ2v) is 8.84. The number of benzene rings is 3. The number of ketones is 1. The van der Waals surface area contributed by atoms with Crippen LogP contribution in [-0.4, -0.2) is 10.8 Å². The number of rotatable bonds is 7. The van der Waals surface area contributed by atoms with Gasteiger partial charge in [-0.3, -0.25) is 4.79 Å². The van der Waals surface area contributed by atoms with Crippen molar-refractivity contribution >= 4 is 22.4 Å². The SMILES string of the molecule is O=C1C=C(Oc2cccc(CCCCc3ccc4[nH]ccc4c3)c2)c2ccccc2CCC1. The zero-order valence-corrected chi connectivity index (χ0v) is 18.8. The summed E-state index contributed by atoms with van der Waals surface area (Å²) in [5.74, 6) is 1.58. The van der Waals surface area contributed by atoms with E-state index in [1.54, 1.807) is 6.08 Å². The first-order valence-corrected chi connectivity index (χ1v) is 11.9. The first-order valence-electron chi connectivity index (χ1n) is 11.9. The van der Waals surface area contributed by atoms with Crippen LogP contribution in [0.1, 0.15) is 47.9 Å². The maximum atomic E-state index is 12.3. The number of ether oxygens (including phenoxy) is 1. The van der Waals surface area contributed by atoms with Gasteiger partial charge in [-0.1, -0.05) is 42.5 Å². The van der Waals surface area contributed by atoms with Gasteiger partial charge in [0.25, 0.3) is 0 Å². The standard InChI is InChI=1S/C30H29NO2/c32-26-12-6-11-24-10-3-4-14-28(24)30(21-26)33-27-13-5-9-22(20-27)7-1-2-8-23-15-16-29-25(19-23)17-18-31-29/h3-5,9-10,13-21,31H,1-2,6-8,11-12H2. The van der Waals surface area contributed by atoms with E-state index in [2.05, 4.69) is 59.6 Å². The van der Waals surface area contributed by atoms with Crippen LogP contribution in [0.25, 0.3) is 16.7 Å². The summed E-state index contributed by atoms with van der Waals surface area (Å²) in [7, 11) is 0. The average molecular weight is 436 g/mol. The van der Waals surface area contributed by atoms with Crippen molar-refractivity contribution in [2.45, 2.75) is 44.9 Å². The average Bonchev–Trinajstić information content (AvgIpc) is 3.29. The zero-order valence-electron chi connectivity index (χ0n) is 18.8. The Morgan fingerprint density at radius 2 is 1.67 bits per heavy atom. The maximum Gasteiger partial charge on any atom is 0.159 e. The van der Waals surface area contributed by atoms with Crippen LogP contribution >= 0.6 is 0 Å². The summed E-state index contributed by atoms with van der Waals surface area (Å²) in [4.78, 5) is 15.6. The molecule has 1 aliphatic carbocycles. The minimum atomic E-state index is 0.133. The number of hydrogen-bond donors (Lipinski definition) is 1. The van der Waals surface area contributed by atoms with Crippen molar-refractivity contribution in [3.8, 4) is 5.75 Å². The lowest BCUT2D eigenvalue weighted by Gasteiger charge is -2.17. The third-order valence-corrected chi connectivity index (χ3v) is 6.37. The molecule has 0 radical (unpaired) electrons. The summed E-state index contributed by atoms with van der Waals surface area (Å²) < 4.78 is 6.27. The van der Waals surface area contributed by atoms with E-state index in [0.29, 0.717) is 12.2 Å². The van der Waals surface area contributed by atoms with Crippen LogP contribution in [0.15, 0.2) is 85.1 Å². The number of unbranched alkanes of at least 4 members (excludes halogenated alkanes) is 1. The molecule has 1 aromatic heterocycles. The van der Waals surface area contributed by atoms with Crippen molar-refractivity contribution in [2.24, 2.45) is 0 Å². The third-order valence-electron chi connectivity index (χ3n) is 6.37. The summed E-state index contributed by atoms with van der Waals surface area (Å²) in [6.45, 7) is 0. The summed E-state index contributed by atoms with van der Waals surface area (Å²) in [5, 5.41) is 1.28. The second-order valence-electron chi connectivity index (χ2n) is 8.84. The number of aromatic amines is 1. The molecule has 166 valence electrons. The summed E-state index contributed by atoms with van der Waals surface area (Å²) in [5.41, 5.74) is 6.11. The minimum Gasteiger partial charge on any atom is -0.457 e. The van der Waals surface area contributed by atoms with Crippen molar-refractivity contribution in [1.82, 2.24) is 4.98 Å². The molecule has 3 aromatic carbocycles. The number of nitrogens with one attached hydrogen (secondary N) is 1. The van der Waals surface area contributed by atoms with Crippen LogP contribution in [0.5, 0.6) is 5.75 Å². The van der Waals surface area contributed by atoms with E-state index in [4.69, 9.17) is 4.74 Å². The fourth-order valence-corrected chi connectivity index (χ4v) is 4.62. The molecule has 1 heterocycles. The molecule has 0 fully saturated rings. The van der Waals surface area contributed by atoms with Crippen molar-refractivity contribution in [2.75, 3.05) is 0 Å². The van der Waals surface area contributed by atoms with Crippen LogP contribution in [0.4, 0.5) is 0 Å². The molecular formula is C30H29NO2. The maximum absolute atomic E-state index is 12.3. The Kier molecular flexibility index (Phi) is 6.39. The molecule has 0 unspecified atom stereocenters. The molecule has 1 aliphatic rings. The van der Waals surface area contributed by atoms with Crippen LogP contribution in [0.2, 0.25) is 0 Å². The highest BCUT2D eigenvalue weighted by Crippen LogP contribution is 2.28. The lowest BCUT2D eigenvalue weighted by atomic mass is 9.96. The van der Waals surface area contributed by atoms with Crippen molar-refractivity contribution in [3.63, 3.8) is 0 Å². The largest absolute Gasteiger partial charge is 0.457 e. The lowest BCUT2D eigenvalue weighted by molar-refractivity contribution is -0.114. The predicted octanol–water partition coefficient (Wildman–Crippen LogP) is 7.06. The number of aryl methyl sites for hydroxylation is 3. The van der Waals surface area contributed by atoms with Gasteiger partial charge in [0.2, 0.25) is 0 Å². The van der Waals surface area contributed by atoms with Gasteiger partial charge in [-0.15, -0.1) is 0 Å². The van der Waals surface area contributed by atoms with Crippen molar-refractivity contribution < 1.29 is 9.53 Å². The Bertz CT molecular complexity index is 1300.